The highest BCUT2D eigenvalue weighted by Gasteiger charge is 2.51. The number of amides is 3. The number of carbonyl (C=O) groups excluding carboxylic acids is 2. The molecule has 2 heterocycles. The maximum atomic E-state index is 12.8. The number of hydrogen-bond acceptors (Lipinski definition) is 4. The van der Waals surface area contributed by atoms with Crippen molar-refractivity contribution in [3.63, 3.8) is 0 Å². The number of anilines is 1. The highest BCUT2D eigenvalue weighted by molar-refractivity contribution is 6.30. The Labute approximate surface area is 183 Å². The number of halogens is 1. The number of likely N-dealkylation sites (tertiary alicyclic amines) is 1. The predicted molar refractivity (Wildman–Crippen MR) is 117 cm³/mol. The molecule has 3 fully saturated rings. The molecule has 30 heavy (non-hydrogen) atoms. The minimum absolute atomic E-state index is 0.0110. The van der Waals surface area contributed by atoms with Gasteiger partial charge in [0.2, 0.25) is 5.91 Å². The molecule has 7 nitrogen and oxygen atoms in total. The molecule has 164 valence electrons. The van der Waals surface area contributed by atoms with Gasteiger partial charge >= 0.3 is 6.03 Å². The lowest BCUT2D eigenvalue weighted by atomic mass is 9.90. The van der Waals surface area contributed by atoms with Gasteiger partial charge in [-0.2, -0.15) is 0 Å². The van der Waals surface area contributed by atoms with Gasteiger partial charge in [-0.05, 0) is 75.4 Å². The number of benzene rings is 1. The molecule has 0 bridgehead atoms. The third kappa shape index (κ3) is 4.58. The predicted octanol–water partition coefficient (Wildman–Crippen LogP) is 2.64. The molecule has 2 saturated heterocycles. The number of rotatable bonds is 5. The van der Waals surface area contributed by atoms with Gasteiger partial charge in [0.25, 0.3) is 0 Å². The number of aliphatic hydroxyl groups is 1. The smallest absolute Gasteiger partial charge is 0.322 e. The van der Waals surface area contributed by atoms with Crippen molar-refractivity contribution < 1.29 is 14.7 Å². The molecule has 2 aliphatic heterocycles. The van der Waals surface area contributed by atoms with Crippen molar-refractivity contribution in [2.24, 2.45) is 5.41 Å². The van der Waals surface area contributed by atoms with Crippen molar-refractivity contribution in [1.29, 1.82) is 0 Å². The van der Waals surface area contributed by atoms with Gasteiger partial charge in [0.15, 0.2) is 0 Å². The fourth-order valence-corrected chi connectivity index (χ4v) is 4.79. The maximum Gasteiger partial charge on any atom is 0.322 e. The number of piperidine rings is 1. The van der Waals surface area contributed by atoms with Crippen molar-refractivity contribution in [1.82, 2.24) is 14.7 Å². The summed E-state index contributed by atoms with van der Waals surface area (Å²) >= 11 is 5.88. The van der Waals surface area contributed by atoms with Crippen LogP contribution in [0.1, 0.15) is 32.6 Å². The van der Waals surface area contributed by atoms with E-state index in [2.05, 4.69) is 10.2 Å². The zero-order valence-electron chi connectivity index (χ0n) is 17.5. The molecule has 4 rings (SSSR count). The lowest BCUT2D eigenvalue weighted by Crippen LogP contribution is -2.58. The van der Waals surface area contributed by atoms with E-state index >= 15 is 0 Å². The quantitative estimate of drug-likeness (QED) is 0.747. The van der Waals surface area contributed by atoms with Crippen LogP contribution in [-0.2, 0) is 4.79 Å². The molecule has 0 radical (unpaired) electrons. The van der Waals surface area contributed by atoms with Crippen molar-refractivity contribution in [2.45, 2.75) is 44.8 Å². The van der Waals surface area contributed by atoms with E-state index in [0.29, 0.717) is 30.3 Å². The van der Waals surface area contributed by atoms with Crippen LogP contribution in [0.15, 0.2) is 24.3 Å². The van der Waals surface area contributed by atoms with E-state index in [1.807, 2.05) is 4.90 Å². The van der Waals surface area contributed by atoms with Crippen LogP contribution in [0.25, 0.3) is 0 Å². The monoisotopic (exact) mass is 434 g/mol. The maximum absolute atomic E-state index is 12.8. The molecule has 2 N–H and O–H groups in total. The standard InChI is InChI=1S/C22H31ClN4O3/c1-16-20(29)26(11-2-10-25-12-9-22(7-8-22)19(28)15-25)13-14-27(16)21(30)24-18-5-3-17(23)4-6-18/h3-6,16,19,28H,2,7-15H2,1H3,(H,24,30)/t16-,19+/m0/s1. The third-order valence-electron chi connectivity index (χ3n) is 6.96. The first-order valence-corrected chi connectivity index (χ1v) is 11.3. The second kappa shape index (κ2) is 8.73. The van der Waals surface area contributed by atoms with Crippen LogP contribution in [0.2, 0.25) is 5.02 Å². The molecule has 3 amide bonds. The molecular formula is C22H31ClN4O3. The largest absolute Gasteiger partial charge is 0.391 e. The molecule has 1 aromatic rings. The van der Waals surface area contributed by atoms with E-state index < -0.39 is 6.04 Å². The van der Waals surface area contributed by atoms with Gasteiger partial charge in [0.1, 0.15) is 6.04 Å². The third-order valence-corrected chi connectivity index (χ3v) is 7.21. The van der Waals surface area contributed by atoms with E-state index in [1.54, 1.807) is 36.1 Å². The summed E-state index contributed by atoms with van der Waals surface area (Å²) in [4.78, 5) is 31.2. The van der Waals surface area contributed by atoms with Crippen LogP contribution >= 0.6 is 11.6 Å². The second-order valence-electron chi connectivity index (χ2n) is 8.91. The number of β-amino-alcohol motifs (C(OH)–C–C–N with tert-alkyl or cyclic N) is 1. The summed E-state index contributed by atoms with van der Waals surface area (Å²) in [5.74, 6) is -0.0110. The zero-order valence-corrected chi connectivity index (χ0v) is 18.3. The Kier molecular flexibility index (Phi) is 6.23. The van der Waals surface area contributed by atoms with Gasteiger partial charge in [-0.25, -0.2) is 4.79 Å². The van der Waals surface area contributed by atoms with Crippen LogP contribution in [0, 0.1) is 5.41 Å². The van der Waals surface area contributed by atoms with Gasteiger partial charge in [-0.3, -0.25) is 4.79 Å². The van der Waals surface area contributed by atoms with Crippen LogP contribution in [0.3, 0.4) is 0 Å². The highest BCUT2D eigenvalue weighted by atomic mass is 35.5. The highest BCUT2D eigenvalue weighted by Crippen LogP contribution is 2.53. The fraction of sp³-hybridized carbons (Fsp3) is 0.636. The average Bonchev–Trinajstić information content (AvgIpc) is 3.51. The summed E-state index contributed by atoms with van der Waals surface area (Å²) < 4.78 is 0. The number of piperazine rings is 1. The van der Waals surface area contributed by atoms with Crippen LogP contribution in [0.4, 0.5) is 10.5 Å². The molecule has 8 heteroatoms. The Morgan fingerprint density at radius 2 is 1.90 bits per heavy atom. The van der Waals surface area contributed by atoms with Crippen molar-refractivity contribution in [3.8, 4) is 0 Å². The summed E-state index contributed by atoms with van der Waals surface area (Å²) in [5, 5.41) is 13.8. The van der Waals surface area contributed by atoms with Crippen molar-refractivity contribution >= 4 is 29.2 Å². The van der Waals surface area contributed by atoms with E-state index in [0.717, 1.165) is 32.5 Å². The van der Waals surface area contributed by atoms with Gasteiger partial charge < -0.3 is 25.1 Å². The minimum Gasteiger partial charge on any atom is -0.391 e. The van der Waals surface area contributed by atoms with Crippen LogP contribution in [0.5, 0.6) is 0 Å². The molecule has 0 aromatic heterocycles. The normalized spacial score (nSPS) is 26.2. The van der Waals surface area contributed by atoms with Crippen LogP contribution < -0.4 is 5.32 Å². The molecular weight excluding hydrogens is 404 g/mol. The summed E-state index contributed by atoms with van der Waals surface area (Å²) in [5.41, 5.74) is 0.883. The Balaban J connectivity index is 1.22. The molecule has 2 atom stereocenters. The number of hydrogen-bond donors (Lipinski definition) is 2. The first-order valence-electron chi connectivity index (χ1n) is 10.9. The van der Waals surface area contributed by atoms with E-state index in [-0.39, 0.29) is 23.5 Å². The van der Waals surface area contributed by atoms with E-state index in [4.69, 9.17) is 11.6 Å². The summed E-state index contributed by atoms with van der Waals surface area (Å²) in [6.45, 7) is 6.22. The first kappa shape index (κ1) is 21.4. The van der Waals surface area contributed by atoms with Crippen LogP contribution in [-0.4, -0.2) is 83.2 Å². The number of urea groups is 1. The van der Waals surface area contributed by atoms with Crippen molar-refractivity contribution in [3.05, 3.63) is 29.3 Å². The number of nitrogens with one attached hydrogen (secondary N) is 1. The van der Waals surface area contributed by atoms with Gasteiger partial charge in [0, 0.05) is 36.9 Å². The molecule has 1 saturated carbocycles. The summed E-state index contributed by atoms with van der Waals surface area (Å²) in [6.07, 6.45) is 4.12. The molecule has 0 unspecified atom stereocenters. The summed E-state index contributed by atoms with van der Waals surface area (Å²) in [6, 6.07) is 6.16. The topological polar surface area (TPSA) is 76.1 Å². The lowest BCUT2D eigenvalue weighted by molar-refractivity contribution is -0.139. The van der Waals surface area contributed by atoms with E-state index in [1.165, 1.54) is 12.8 Å². The molecule has 3 aliphatic rings. The Morgan fingerprint density at radius 3 is 2.57 bits per heavy atom. The second-order valence-corrected chi connectivity index (χ2v) is 9.35. The van der Waals surface area contributed by atoms with E-state index in [9.17, 15) is 14.7 Å². The Hall–Kier alpha value is -1.83. The summed E-state index contributed by atoms with van der Waals surface area (Å²) in [7, 11) is 0. The average molecular weight is 435 g/mol. The van der Waals surface area contributed by atoms with Crippen molar-refractivity contribution in [2.75, 3.05) is 44.6 Å². The lowest BCUT2D eigenvalue weighted by Gasteiger charge is -2.40. The first-order chi connectivity index (χ1) is 14.4. The van der Waals surface area contributed by atoms with Gasteiger partial charge in [-0.1, -0.05) is 11.6 Å². The SMILES string of the molecule is C[C@H]1C(=O)N(CCCN2CCC3(CC3)[C@H](O)C2)CCN1C(=O)Nc1ccc(Cl)cc1. The van der Waals surface area contributed by atoms with Gasteiger partial charge in [-0.15, -0.1) is 0 Å². The Bertz CT molecular complexity index is 783. The molecule has 1 spiro atoms. The fourth-order valence-electron chi connectivity index (χ4n) is 4.67. The minimum atomic E-state index is -0.488. The number of nitrogens with zero attached hydrogens (tertiary/aromatic N) is 3. The number of carbonyl (C=O) groups is 2. The molecule has 1 aliphatic carbocycles. The van der Waals surface area contributed by atoms with Gasteiger partial charge in [0.05, 0.1) is 6.10 Å². The number of aliphatic hydroxyl groups excluding tert-OH is 1. The Morgan fingerprint density at radius 1 is 1.17 bits per heavy atom. The zero-order chi connectivity index (χ0) is 21.3. The molecule has 1 aromatic carbocycles.